The predicted octanol–water partition coefficient (Wildman–Crippen LogP) is -4.79. The number of hydrogen-bond acceptors (Lipinski definition) is 10. The molecule has 10 nitrogen and oxygen atoms in total. The highest BCUT2D eigenvalue weighted by atomic mass is 16.3. The number of nitrogens with one attached hydrogen (secondary N) is 2. The minimum Gasteiger partial charge on any atom is -0.395 e. The van der Waals surface area contributed by atoms with Crippen LogP contribution in [0.4, 0.5) is 0 Å². The molecule has 0 aromatic carbocycles. The first kappa shape index (κ1) is 23.6. The van der Waals surface area contributed by atoms with Crippen LogP contribution in [0.3, 0.4) is 0 Å². The number of hydrogen-bond donors (Lipinski definition) is 8. The number of aliphatic hydroxyl groups is 6. The van der Waals surface area contributed by atoms with E-state index in [1.54, 1.807) is 0 Å². The van der Waals surface area contributed by atoms with Crippen molar-refractivity contribution >= 4 is 0 Å². The van der Waals surface area contributed by atoms with Gasteiger partial charge in [0.2, 0.25) is 0 Å². The number of nitrogens with zero attached hydrogens (tertiary/aromatic N) is 2. The second-order valence-electron chi connectivity index (χ2n) is 6.57. The van der Waals surface area contributed by atoms with Crippen molar-refractivity contribution in [1.29, 1.82) is 0 Å². The molecule has 0 radical (unpaired) electrons. The zero-order valence-electron chi connectivity index (χ0n) is 15.4. The fraction of sp³-hybridized carbons (Fsp3) is 1.00. The van der Waals surface area contributed by atoms with Crippen LogP contribution in [-0.2, 0) is 0 Å². The van der Waals surface area contributed by atoms with E-state index in [0.717, 1.165) is 13.1 Å². The zero-order valence-corrected chi connectivity index (χ0v) is 15.4. The van der Waals surface area contributed by atoms with E-state index in [1.807, 2.05) is 9.80 Å². The Labute approximate surface area is 155 Å². The Hall–Kier alpha value is -0.400. The van der Waals surface area contributed by atoms with E-state index in [0.29, 0.717) is 39.3 Å². The lowest BCUT2D eigenvalue weighted by Crippen LogP contribution is -2.56. The van der Waals surface area contributed by atoms with E-state index in [2.05, 4.69) is 10.6 Å². The van der Waals surface area contributed by atoms with Crippen molar-refractivity contribution < 1.29 is 30.6 Å². The molecule has 10 heteroatoms. The molecule has 4 atom stereocenters. The van der Waals surface area contributed by atoms with Gasteiger partial charge in [0.05, 0.1) is 50.7 Å². The Morgan fingerprint density at radius 1 is 0.577 bits per heavy atom. The van der Waals surface area contributed by atoms with Gasteiger partial charge >= 0.3 is 0 Å². The average molecular weight is 380 g/mol. The summed E-state index contributed by atoms with van der Waals surface area (Å²) >= 11 is 0. The Bertz CT molecular complexity index is 323. The van der Waals surface area contributed by atoms with Crippen molar-refractivity contribution in [3.63, 3.8) is 0 Å². The minimum absolute atomic E-state index is 0.286. The minimum atomic E-state index is -1.06. The molecule has 156 valence electrons. The van der Waals surface area contributed by atoms with Crippen molar-refractivity contribution in [2.45, 2.75) is 24.3 Å². The lowest BCUT2D eigenvalue weighted by molar-refractivity contribution is -0.0332. The third kappa shape index (κ3) is 7.69. The van der Waals surface area contributed by atoms with E-state index >= 15 is 0 Å². The van der Waals surface area contributed by atoms with Crippen LogP contribution in [0.25, 0.3) is 0 Å². The maximum Gasteiger partial charge on any atom is 0.0947 e. The standard InChI is InChI=1S/C16H36N4O6/c21-9-13(15(25)11-23)19-5-3-17-1-2-18-4-6-20(8-7-19)14(10-22)16(26)12-24/h13-18,21-26H,1-12H2/t13-,14-,15-,16-/m1/s1. The smallest absolute Gasteiger partial charge is 0.0947 e. The second kappa shape index (κ2) is 13.7. The van der Waals surface area contributed by atoms with Crippen molar-refractivity contribution in [1.82, 2.24) is 20.4 Å². The van der Waals surface area contributed by atoms with Crippen LogP contribution in [0.5, 0.6) is 0 Å². The van der Waals surface area contributed by atoms with Gasteiger partial charge in [0, 0.05) is 52.4 Å². The first-order valence-corrected chi connectivity index (χ1v) is 9.28. The Morgan fingerprint density at radius 3 is 1.27 bits per heavy atom. The van der Waals surface area contributed by atoms with Gasteiger partial charge in [-0.3, -0.25) is 9.80 Å². The summed E-state index contributed by atoms with van der Waals surface area (Å²) in [6.07, 6.45) is -2.11. The Kier molecular flexibility index (Phi) is 12.5. The topological polar surface area (TPSA) is 152 Å². The van der Waals surface area contributed by atoms with E-state index in [1.165, 1.54) is 0 Å². The fourth-order valence-electron chi connectivity index (χ4n) is 3.22. The highest BCUT2D eigenvalue weighted by molar-refractivity contribution is 4.83. The van der Waals surface area contributed by atoms with Gasteiger partial charge in [-0.05, 0) is 0 Å². The van der Waals surface area contributed by atoms with Crippen molar-refractivity contribution in [2.75, 3.05) is 78.8 Å². The molecular weight excluding hydrogens is 344 g/mol. The summed E-state index contributed by atoms with van der Waals surface area (Å²) in [4.78, 5) is 3.80. The maximum absolute atomic E-state index is 10.00. The molecule has 0 aliphatic carbocycles. The lowest BCUT2D eigenvalue weighted by Gasteiger charge is -2.38. The van der Waals surface area contributed by atoms with Crippen LogP contribution in [-0.4, -0.2) is 144 Å². The van der Waals surface area contributed by atoms with E-state index in [-0.39, 0.29) is 13.2 Å². The monoisotopic (exact) mass is 380 g/mol. The molecule has 0 unspecified atom stereocenters. The van der Waals surface area contributed by atoms with Crippen LogP contribution in [0.15, 0.2) is 0 Å². The van der Waals surface area contributed by atoms with Crippen LogP contribution in [0.1, 0.15) is 0 Å². The summed E-state index contributed by atoms with van der Waals surface area (Å²) in [6.45, 7) is 3.50. The normalized spacial score (nSPS) is 24.2. The third-order valence-electron chi connectivity index (χ3n) is 4.88. The summed E-state index contributed by atoms with van der Waals surface area (Å²) in [7, 11) is 0. The van der Waals surface area contributed by atoms with Gasteiger partial charge < -0.3 is 41.3 Å². The molecule has 1 rings (SSSR count). The quantitative estimate of drug-likeness (QED) is 0.206. The summed E-state index contributed by atoms with van der Waals surface area (Å²) < 4.78 is 0. The fourth-order valence-corrected chi connectivity index (χ4v) is 3.22. The van der Waals surface area contributed by atoms with Gasteiger partial charge in [0.1, 0.15) is 0 Å². The highest BCUT2D eigenvalue weighted by Gasteiger charge is 2.28. The molecule has 1 heterocycles. The molecule has 0 saturated carbocycles. The molecule has 0 spiro atoms. The van der Waals surface area contributed by atoms with Gasteiger partial charge in [-0.25, -0.2) is 0 Å². The van der Waals surface area contributed by atoms with Crippen molar-refractivity contribution in [3.05, 3.63) is 0 Å². The second-order valence-corrected chi connectivity index (χ2v) is 6.57. The largest absolute Gasteiger partial charge is 0.395 e. The van der Waals surface area contributed by atoms with Crippen molar-refractivity contribution in [2.24, 2.45) is 0 Å². The van der Waals surface area contributed by atoms with Gasteiger partial charge in [0.15, 0.2) is 0 Å². The molecule has 0 bridgehead atoms. The molecule has 0 aromatic rings. The Morgan fingerprint density at radius 2 is 0.962 bits per heavy atom. The third-order valence-corrected chi connectivity index (χ3v) is 4.88. The van der Waals surface area contributed by atoms with E-state index in [4.69, 9.17) is 0 Å². The SMILES string of the molecule is OC[C@@H](O)[C@@H](CO)N1CCNCCNCCN([C@H](CO)[C@H](O)CO)CC1. The van der Waals surface area contributed by atoms with Gasteiger partial charge in [-0.15, -0.1) is 0 Å². The molecular formula is C16H36N4O6. The number of rotatable bonds is 8. The molecule has 1 aliphatic heterocycles. The molecule has 1 aliphatic rings. The summed E-state index contributed by atoms with van der Waals surface area (Å²) in [5.41, 5.74) is 0. The van der Waals surface area contributed by atoms with Crippen LogP contribution < -0.4 is 10.6 Å². The van der Waals surface area contributed by atoms with Gasteiger partial charge in [-0.2, -0.15) is 0 Å². The first-order chi connectivity index (χ1) is 12.6. The molecule has 1 fully saturated rings. The summed E-state index contributed by atoms with van der Waals surface area (Å²) in [6, 6.07) is -1.19. The van der Waals surface area contributed by atoms with E-state index < -0.39 is 37.5 Å². The Balaban J connectivity index is 2.86. The molecule has 1 saturated heterocycles. The summed E-state index contributed by atoms with van der Waals surface area (Å²) in [5.74, 6) is 0. The molecule has 8 N–H and O–H groups in total. The van der Waals surface area contributed by atoms with Crippen LogP contribution in [0, 0.1) is 0 Å². The van der Waals surface area contributed by atoms with Crippen molar-refractivity contribution in [3.8, 4) is 0 Å². The lowest BCUT2D eigenvalue weighted by atomic mass is 10.1. The first-order valence-electron chi connectivity index (χ1n) is 9.28. The zero-order chi connectivity index (χ0) is 19.4. The maximum atomic E-state index is 10.00. The van der Waals surface area contributed by atoms with Crippen LogP contribution in [0.2, 0.25) is 0 Å². The molecule has 0 aromatic heterocycles. The predicted molar refractivity (Wildman–Crippen MR) is 96.8 cm³/mol. The highest BCUT2D eigenvalue weighted by Crippen LogP contribution is 2.09. The van der Waals surface area contributed by atoms with Gasteiger partial charge in [0.25, 0.3) is 0 Å². The van der Waals surface area contributed by atoms with Gasteiger partial charge in [-0.1, -0.05) is 0 Å². The number of aliphatic hydroxyl groups excluding tert-OH is 6. The van der Waals surface area contributed by atoms with Crippen LogP contribution >= 0.6 is 0 Å². The average Bonchev–Trinajstić information content (AvgIpc) is 2.65. The summed E-state index contributed by atoms with van der Waals surface area (Å²) in [5, 5.41) is 64.3. The molecule has 26 heavy (non-hydrogen) atoms. The molecule has 0 amide bonds. The van der Waals surface area contributed by atoms with E-state index in [9.17, 15) is 30.6 Å².